The molecule has 5 aromatic heterocycles. The lowest BCUT2D eigenvalue weighted by atomic mass is 10.1. The molecule has 0 aliphatic rings. The lowest BCUT2D eigenvalue weighted by Crippen LogP contribution is -2.05. The van der Waals surface area contributed by atoms with Crippen molar-refractivity contribution < 1.29 is 16.8 Å². The molecular weight excluding hydrogens is 1030 g/mol. The Bertz CT molecular complexity index is 4970. The standard InChI is InChI=1S/C65H45N9O4S2/c1-42-22-34-48(35-23-42)79(75,76)49-36-28-45(29-37-49)72-59-19-8-4-13-53(59)67-62(72)43-24-26-44(27-25-43)63-68-54-14-5-9-20-60(54)73(63)46-30-38-50(39-31-46)80(77,78)51-40-32-47(33-41-51)74-61-21-10-6-15-55(61)70-65(74)57-17-11-16-56(66-57)64-69-52-12-3-7-18-58(52)71(64)2/h3-41H,1-2H3. The first-order chi connectivity index (χ1) is 39.0. The Labute approximate surface area is 459 Å². The van der Waals surface area contributed by atoms with E-state index in [0.717, 1.165) is 83.7 Å². The number of hydrogen-bond acceptors (Lipinski definition) is 9. The van der Waals surface area contributed by atoms with Gasteiger partial charge in [-0.15, -0.1) is 0 Å². The Kier molecular flexibility index (Phi) is 11.4. The molecule has 9 aromatic carbocycles. The average Bonchev–Trinajstić information content (AvgIpc) is 4.29. The van der Waals surface area contributed by atoms with Gasteiger partial charge in [-0.3, -0.25) is 13.7 Å². The second kappa shape index (κ2) is 18.8. The van der Waals surface area contributed by atoms with E-state index in [2.05, 4.69) is 0 Å². The van der Waals surface area contributed by atoms with Crippen LogP contribution >= 0.6 is 0 Å². The fraction of sp³-hybridized carbons (Fsp3) is 0.0308. The predicted molar refractivity (Wildman–Crippen MR) is 313 cm³/mol. The van der Waals surface area contributed by atoms with Crippen molar-refractivity contribution >= 4 is 63.8 Å². The van der Waals surface area contributed by atoms with Gasteiger partial charge >= 0.3 is 0 Å². The number of aromatic nitrogens is 9. The number of fused-ring (bicyclic) bond motifs is 4. The molecule has 14 aromatic rings. The molecule has 0 aliphatic carbocycles. The summed E-state index contributed by atoms with van der Waals surface area (Å²) in [7, 11) is -5.71. The SMILES string of the molecule is Cc1ccc(S(=O)(=O)c2ccc(-n3c(-c4ccc(-c5nc6ccccc6n5-c5ccc(S(=O)(=O)c6ccc(-n7c(-c8cccc(-c9nc%10ccccc%10n9C)n8)nc8ccccc87)cc6)cc5)cc4)nc4ccccc43)cc2)cc1. The molecule has 14 rings (SSSR count). The van der Waals surface area contributed by atoms with Crippen LogP contribution in [0.25, 0.3) is 107 Å². The molecule has 0 saturated carbocycles. The summed E-state index contributed by atoms with van der Waals surface area (Å²) in [6.45, 7) is 1.92. The summed E-state index contributed by atoms with van der Waals surface area (Å²) in [4.78, 5) is 25.9. The zero-order chi connectivity index (χ0) is 54.3. The first kappa shape index (κ1) is 48.3. The zero-order valence-corrected chi connectivity index (χ0v) is 44.6. The number of sulfone groups is 2. The minimum atomic E-state index is -3.96. The number of nitrogens with zero attached hydrogens (tertiary/aromatic N) is 9. The van der Waals surface area contributed by atoms with Crippen LogP contribution in [0.5, 0.6) is 0 Å². The Hall–Kier alpha value is -10.1. The van der Waals surface area contributed by atoms with E-state index < -0.39 is 19.7 Å². The highest BCUT2D eigenvalue weighted by molar-refractivity contribution is 7.91. The second-order valence-corrected chi connectivity index (χ2v) is 23.4. The minimum absolute atomic E-state index is 0.145. The lowest BCUT2D eigenvalue weighted by molar-refractivity contribution is 0.594. The first-order valence-electron chi connectivity index (χ1n) is 25.8. The van der Waals surface area contributed by atoms with Crippen molar-refractivity contribution in [2.75, 3.05) is 0 Å². The number of aryl methyl sites for hydroxylation is 2. The lowest BCUT2D eigenvalue weighted by Gasteiger charge is -2.13. The minimum Gasteiger partial charge on any atom is -0.326 e. The third-order valence-corrected chi connectivity index (χ3v) is 18.2. The molecule has 0 saturated heterocycles. The summed E-state index contributed by atoms with van der Waals surface area (Å²) >= 11 is 0. The predicted octanol–water partition coefficient (Wildman–Crippen LogP) is 13.6. The van der Waals surface area contributed by atoms with Crippen LogP contribution in [-0.2, 0) is 26.7 Å². The van der Waals surface area contributed by atoms with Crippen LogP contribution in [0.2, 0.25) is 0 Å². The molecule has 80 heavy (non-hydrogen) atoms. The monoisotopic (exact) mass is 1080 g/mol. The normalized spacial score (nSPS) is 12.1. The van der Waals surface area contributed by atoms with Gasteiger partial charge in [0.25, 0.3) is 0 Å². The maximum absolute atomic E-state index is 14.4. The van der Waals surface area contributed by atoms with E-state index in [1.807, 2.05) is 196 Å². The van der Waals surface area contributed by atoms with Gasteiger partial charge in [-0.1, -0.05) is 96.6 Å². The zero-order valence-electron chi connectivity index (χ0n) is 43.0. The number of hydrogen-bond donors (Lipinski definition) is 0. The topological polar surface area (TPSA) is 152 Å². The highest BCUT2D eigenvalue weighted by atomic mass is 32.2. The van der Waals surface area contributed by atoms with Crippen molar-refractivity contribution in [1.29, 1.82) is 0 Å². The van der Waals surface area contributed by atoms with Crippen molar-refractivity contribution in [2.45, 2.75) is 26.5 Å². The van der Waals surface area contributed by atoms with Crippen LogP contribution in [0.3, 0.4) is 0 Å². The van der Waals surface area contributed by atoms with Gasteiger partial charge in [-0.25, -0.2) is 41.8 Å². The molecule has 15 heteroatoms. The first-order valence-corrected chi connectivity index (χ1v) is 28.8. The molecule has 0 unspecified atom stereocenters. The Morgan fingerprint density at radius 2 is 0.613 bits per heavy atom. The quantitative estimate of drug-likeness (QED) is 0.123. The maximum Gasteiger partial charge on any atom is 0.206 e. The molecule has 0 radical (unpaired) electrons. The van der Waals surface area contributed by atoms with Gasteiger partial charge in [0.05, 0.1) is 63.7 Å². The van der Waals surface area contributed by atoms with E-state index in [1.165, 1.54) is 0 Å². The second-order valence-electron chi connectivity index (χ2n) is 19.5. The molecule has 13 nitrogen and oxygen atoms in total. The molecule has 386 valence electrons. The highest BCUT2D eigenvalue weighted by Gasteiger charge is 2.24. The summed E-state index contributed by atoms with van der Waals surface area (Å²) in [6, 6.07) is 72.9. The van der Waals surface area contributed by atoms with Crippen LogP contribution in [0.15, 0.2) is 256 Å². The van der Waals surface area contributed by atoms with Gasteiger partial charge in [0.15, 0.2) is 11.6 Å². The number of rotatable bonds is 11. The fourth-order valence-electron chi connectivity index (χ4n) is 10.6. The molecule has 5 heterocycles. The number of benzene rings is 9. The van der Waals surface area contributed by atoms with Crippen molar-refractivity contribution in [3.8, 4) is 62.9 Å². The van der Waals surface area contributed by atoms with Crippen LogP contribution < -0.4 is 0 Å². The summed E-state index contributed by atoms with van der Waals surface area (Å²) in [6.07, 6.45) is 0. The molecule has 0 amide bonds. The van der Waals surface area contributed by atoms with Crippen molar-refractivity contribution in [3.05, 3.63) is 242 Å². The van der Waals surface area contributed by atoms with Crippen LogP contribution in [-0.4, -0.2) is 60.0 Å². The van der Waals surface area contributed by atoms with Crippen LogP contribution in [0.4, 0.5) is 0 Å². The molecule has 0 bridgehead atoms. The smallest absolute Gasteiger partial charge is 0.206 e. The molecule has 0 aliphatic heterocycles. The van der Waals surface area contributed by atoms with E-state index >= 15 is 0 Å². The molecular formula is C65H45N9O4S2. The molecule has 0 atom stereocenters. The number of imidazole rings is 4. The van der Waals surface area contributed by atoms with Crippen molar-refractivity contribution in [3.63, 3.8) is 0 Å². The average molecular weight is 1080 g/mol. The van der Waals surface area contributed by atoms with E-state index in [0.29, 0.717) is 28.9 Å². The third kappa shape index (κ3) is 8.09. The van der Waals surface area contributed by atoms with Gasteiger partial charge in [-0.05, 0) is 153 Å². The van der Waals surface area contributed by atoms with Gasteiger partial charge in [0, 0.05) is 35.2 Å². The van der Waals surface area contributed by atoms with E-state index in [1.54, 1.807) is 72.8 Å². The van der Waals surface area contributed by atoms with Gasteiger partial charge in [-0.2, -0.15) is 0 Å². The number of para-hydroxylation sites is 8. The van der Waals surface area contributed by atoms with E-state index in [-0.39, 0.29) is 19.6 Å². The van der Waals surface area contributed by atoms with Crippen LogP contribution in [0, 0.1) is 6.92 Å². The largest absolute Gasteiger partial charge is 0.326 e. The van der Waals surface area contributed by atoms with Gasteiger partial charge in [0.1, 0.15) is 23.0 Å². The summed E-state index contributed by atoms with van der Waals surface area (Å²) < 4.78 is 64.2. The van der Waals surface area contributed by atoms with Gasteiger partial charge in [0.2, 0.25) is 19.7 Å². The molecule has 0 fully saturated rings. The fourth-order valence-corrected chi connectivity index (χ4v) is 13.1. The van der Waals surface area contributed by atoms with E-state index in [9.17, 15) is 16.8 Å². The molecule has 0 N–H and O–H groups in total. The highest BCUT2D eigenvalue weighted by Crippen LogP contribution is 2.36. The molecule has 0 spiro atoms. The van der Waals surface area contributed by atoms with Crippen LogP contribution in [0.1, 0.15) is 5.56 Å². The Morgan fingerprint density at radius 1 is 0.300 bits per heavy atom. The maximum atomic E-state index is 14.4. The third-order valence-electron chi connectivity index (χ3n) is 14.6. The van der Waals surface area contributed by atoms with Gasteiger partial charge < -0.3 is 4.57 Å². The van der Waals surface area contributed by atoms with E-state index in [4.69, 9.17) is 24.9 Å². The number of pyridine rings is 1. The summed E-state index contributed by atoms with van der Waals surface area (Å²) in [5.74, 6) is 2.69. The Morgan fingerprint density at radius 3 is 1.01 bits per heavy atom. The summed E-state index contributed by atoms with van der Waals surface area (Å²) in [5, 5.41) is 0. The van der Waals surface area contributed by atoms with Crippen molar-refractivity contribution in [1.82, 2.24) is 43.2 Å². The summed E-state index contributed by atoms with van der Waals surface area (Å²) in [5.41, 5.74) is 13.0. The van der Waals surface area contributed by atoms with Crippen molar-refractivity contribution in [2.24, 2.45) is 7.05 Å². The Balaban J connectivity index is 0.763.